The van der Waals surface area contributed by atoms with E-state index in [0.717, 1.165) is 25.3 Å². The molecule has 206 valence electrons. The molecule has 0 radical (unpaired) electrons. The smallest absolute Gasteiger partial charge is 0.336 e. The number of benzene rings is 1. The molecule has 2 N–H and O–H groups in total. The van der Waals surface area contributed by atoms with E-state index in [4.69, 9.17) is 21.1 Å². The maximum absolute atomic E-state index is 12.8. The zero-order valence-corrected chi connectivity index (χ0v) is 23.8. The quantitative estimate of drug-likeness (QED) is 0.0737. The molecule has 1 aromatic carbocycles. The lowest BCUT2D eigenvalue weighted by atomic mass is 10.1. The molecule has 1 aromatic rings. The molecular formula is C27H45ClN2O5S. The van der Waals surface area contributed by atoms with Crippen molar-refractivity contribution < 1.29 is 22.7 Å². The molecule has 0 bridgehead atoms. The number of esters is 1. The molecule has 1 rings (SSSR count). The second kappa shape index (κ2) is 19.4. The summed E-state index contributed by atoms with van der Waals surface area (Å²) in [5.74, 6) is -0.450. The van der Waals surface area contributed by atoms with E-state index < -0.39 is 16.0 Å². The summed E-state index contributed by atoms with van der Waals surface area (Å²) in [7, 11) is -3.69. The van der Waals surface area contributed by atoms with Gasteiger partial charge in [0.05, 0.1) is 34.9 Å². The maximum Gasteiger partial charge on any atom is 0.336 e. The van der Waals surface area contributed by atoms with Crippen LogP contribution in [0.2, 0.25) is 5.02 Å². The lowest BCUT2D eigenvalue weighted by Crippen LogP contribution is -2.25. The molecule has 0 aliphatic heterocycles. The van der Waals surface area contributed by atoms with Gasteiger partial charge in [-0.05, 0) is 38.5 Å². The van der Waals surface area contributed by atoms with Crippen molar-refractivity contribution in [2.75, 3.05) is 25.1 Å². The molecule has 36 heavy (non-hydrogen) atoms. The summed E-state index contributed by atoms with van der Waals surface area (Å²) in [5, 5.41) is 3.18. The molecule has 9 heteroatoms. The van der Waals surface area contributed by atoms with Crippen molar-refractivity contribution >= 4 is 33.3 Å². The highest BCUT2D eigenvalue weighted by molar-refractivity contribution is 7.89. The Bertz CT molecular complexity index is 890. The summed E-state index contributed by atoms with van der Waals surface area (Å²) in [6.45, 7) is 6.63. The zero-order valence-electron chi connectivity index (χ0n) is 22.2. The average Bonchev–Trinajstić information content (AvgIpc) is 2.83. The number of carbonyl (C=O) groups is 1. The van der Waals surface area contributed by atoms with E-state index in [1.54, 1.807) is 13.8 Å². The molecule has 0 aromatic heterocycles. The van der Waals surface area contributed by atoms with Crippen LogP contribution in [0.25, 0.3) is 0 Å². The minimum atomic E-state index is -3.69. The number of halogens is 1. The number of carbonyl (C=O) groups excluding carboxylic acids is 1. The SMILES string of the molecule is CCCCCCCCCCCCCCNS(=O)(=O)c1ccc(Cl)c(NC(=CC(=O)OCC)OCC)c1. The van der Waals surface area contributed by atoms with Crippen molar-refractivity contribution in [2.45, 2.75) is 103 Å². The van der Waals surface area contributed by atoms with Crippen molar-refractivity contribution in [3.63, 3.8) is 0 Å². The molecule has 0 fully saturated rings. The first kappa shape index (κ1) is 32.3. The summed E-state index contributed by atoms with van der Waals surface area (Å²) < 4.78 is 38.5. The minimum Gasteiger partial charge on any atom is -0.479 e. The Kier molecular flexibility index (Phi) is 17.3. The predicted octanol–water partition coefficient (Wildman–Crippen LogP) is 7.17. The number of sulfonamides is 1. The summed E-state index contributed by atoms with van der Waals surface area (Å²) in [4.78, 5) is 11.9. The Hall–Kier alpha value is -1.77. The monoisotopic (exact) mass is 544 g/mol. The van der Waals surface area contributed by atoms with Crippen molar-refractivity contribution in [1.29, 1.82) is 0 Å². The Morgan fingerprint density at radius 2 is 1.42 bits per heavy atom. The average molecular weight is 545 g/mol. The molecule has 0 aliphatic rings. The Balaban J connectivity index is 2.46. The van der Waals surface area contributed by atoms with Crippen LogP contribution in [0.1, 0.15) is 97.8 Å². The molecule has 0 aliphatic carbocycles. The minimum absolute atomic E-state index is 0.0836. The highest BCUT2D eigenvalue weighted by atomic mass is 35.5. The lowest BCUT2D eigenvalue weighted by molar-refractivity contribution is -0.137. The largest absolute Gasteiger partial charge is 0.479 e. The Morgan fingerprint density at radius 3 is 1.97 bits per heavy atom. The van der Waals surface area contributed by atoms with Gasteiger partial charge in [0.2, 0.25) is 10.0 Å². The van der Waals surface area contributed by atoms with Gasteiger partial charge < -0.3 is 14.8 Å². The van der Waals surface area contributed by atoms with E-state index in [1.807, 2.05) is 0 Å². The number of unbranched alkanes of at least 4 members (excludes halogenated alkanes) is 11. The molecule has 0 saturated carbocycles. The highest BCUT2D eigenvalue weighted by Gasteiger charge is 2.16. The summed E-state index contributed by atoms with van der Waals surface area (Å²) >= 11 is 6.25. The van der Waals surface area contributed by atoms with Gasteiger partial charge in [0, 0.05) is 6.54 Å². The molecule has 0 heterocycles. The van der Waals surface area contributed by atoms with Crippen molar-refractivity contribution in [3.05, 3.63) is 35.2 Å². The van der Waals surface area contributed by atoms with E-state index in [0.29, 0.717) is 23.9 Å². The highest BCUT2D eigenvalue weighted by Crippen LogP contribution is 2.27. The molecule has 0 spiro atoms. The van der Waals surface area contributed by atoms with Crippen LogP contribution in [0.15, 0.2) is 35.1 Å². The van der Waals surface area contributed by atoms with Gasteiger partial charge >= 0.3 is 5.97 Å². The van der Waals surface area contributed by atoms with E-state index in [2.05, 4.69) is 17.0 Å². The molecule has 7 nitrogen and oxygen atoms in total. The maximum atomic E-state index is 12.8. The molecule has 0 amide bonds. The van der Waals surface area contributed by atoms with Crippen LogP contribution in [-0.2, 0) is 24.3 Å². The third-order valence-electron chi connectivity index (χ3n) is 5.66. The van der Waals surface area contributed by atoms with E-state index in [9.17, 15) is 13.2 Å². The normalized spacial score (nSPS) is 11.9. The fraction of sp³-hybridized carbons (Fsp3) is 0.667. The first-order valence-corrected chi connectivity index (χ1v) is 15.3. The van der Waals surface area contributed by atoms with Gasteiger partial charge in [-0.2, -0.15) is 0 Å². The summed E-state index contributed by atoms with van der Waals surface area (Å²) in [6, 6.07) is 4.37. The standard InChI is InChI=1S/C27H45ClN2O5S/c1-4-7-8-9-10-11-12-13-14-15-16-17-20-29-36(32,33)23-18-19-24(28)25(21-23)30-26(34-5-2)22-27(31)35-6-3/h18-19,21-22,29-30H,4-17,20H2,1-3H3. The topological polar surface area (TPSA) is 93.7 Å². The van der Waals surface area contributed by atoms with Crippen LogP contribution in [0.4, 0.5) is 5.69 Å². The van der Waals surface area contributed by atoms with Crippen LogP contribution < -0.4 is 10.0 Å². The second-order valence-corrected chi connectivity index (χ2v) is 10.9. The van der Waals surface area contributed by atoms with Gasteiger partial charge in [0.1, 0.15) is 0 Å². The van der Waals surface area contributed by atoms with Gasteiger partial charge in [-0.25, -0.2) is 17.9 Å². The van der Waals surface area contributed by atoms with E-state index in [1.165, 1.54) is 76.0 Å². The van der Waals surface area contributed by atoms with Gasteiger partial charge in [-0.1, -0.05) is 89.2 Å². The number of anilines is 1. The van der Waals surface area contributed by atoms with Gasteiger partial charge in [0.15, 0.2) is 5.88 Å². The molecular weight excluding hydrogens is 500 g/mol. The fourth-order valence-corrected chi connectivity index (χ4v) is 4.98. The molecule has 0 saturated heterocycles. The lowest BCUT2D eigenvalue weighted by Gasteiger charge is -2.14. The summed E-state index contributed by atoms with van der Waals surface area (Å²) in [5.41, 5.74) is 0.314. The predicted molar refractivity (Wildman–Crippen MR) is 148 cm³/mol. The number of hydrogen-bond acceptors (Lipinski definition) is 6. The number of hydrogen-bond donors (Lipinski definition) is 2. The van der Waals surface area contributed by atoms with E-state index in [-0.39, 0.29) is 17.4 Å². The Labute approximate surface area is 223 Å². The van der Waals surface area contributed by atoms with Crippen LogP contribution in [0.5, 0.6) is 0 Å². The third kappa shape index (κ3) is 14.1. The van der Waals surface area contributed by atoms with Crippen LogP contribution in [0.3, 0.4) is 0 Å². The Morgan fingerprint density at radius 1 is 0.861 bits per heavy atom. The first-order valence-electron chi connectivity index (χ1n) is 13.4. The third-order valence-corrected chi connectivity index (χ3v) is 7.45. The van der Waals surface area contributed by atoms with Crippen LogP contribution >= 0.6 is 11.6 Å². The van der Waals surface area contributed by atoms with Crippen molar-refractivity contribution in [1.82, 2.24) is 4.72 Å². The van der Waals surface area contributed by atoms with E-state index >= 15 is 0 Å². The van der Waals surface area contributed by atoms with Gasteiger partial charge in [-0.3, -0.25) is 0 Å². The van der Waals surface area contributed by atoms with Crippen LogP contribution in [-0.4, -0.2) is 34.1 Å². The van der Waals surface area contributed by atoms with Crippen molar-refractivity contribution in [3.8, 4) is 0 Å². The number of ether oxygens (including phenoxy) is 2. The fourth-order valence-electron chi connectivity index (χ4n) is 3.72. The van der Waals surface area contributed by atoms with Gasteiger partial charge in [-0.15, -0.1) is 0 Å². The zero-order chi connectivity index (χ0) is 26.7. The summed E-state index contributed by atoms with van der Waals surface area (Å²) in [6.07, 6.45) is 15.9. The first-order chi connectivity index (χ1) is 17.3. The van der Waals surface area contributed by atoms with Crippen molar-refractivity contribution in [2.24, 2.45) is 0 Å². The van der Waals surface area contributed by atoms with Gasteiger partial charge in [0.25, 0.3) is 0 Å². The van der Waals surface area contributed by atoms with Crippen LogP contribution in [0, 0.1) is 0 Å². The molecule has 0 unspecified atom stereocenters. The number of nitrogens with one attached hydrogen (secondary N) is 2. The molecule has 0 atom stereocenters. The number of rotatable bonds is 21. The second-order valence-electron chi connectivity index (χ2n) is 8.75.